The maximum atomic E-state index is 12.9. The molecule has 3 aliphatic heterocycles. The third-order valence-electron chi connectivity index (χ3n) is 7.07. The van der Waals surface area contributed by atoms with Crippen LogP contribution in [0.5, 0.6) is 0 Å². The minimum Gasteiger partial charge on any atom is -0.396 e. The van der Waals surface area contributed by atoms with Crippen molar-refractivity contribution in [1.82, 2.24) is 19.8 Å². The number of rotatable bonds is 4. The van der Waals surface area contributed by atoms with Crippen molar-refractivity contribution in [2.24, 2.45) is 17.3 Å². The molecule has 1 unspecified atom stereocenters. The second-order valence-electron chi connectivity index (χ2n) is 8.47. The van der Waals surface area contributed by atoms with Crippen molar-refractivity contribution < 1.29 is 14.6 Å². The molecule has 1 atom stereocenters. The van der Waals surface area contributed by atoms with E-state index in [1.54, 1.807) is 6.20 Å². The van der Waals surface area contributed by atoms with Crippen LogP contribution in [0.25, 0.3) is 0 Å². The molecule has 0 aliphatic carbocycles. The van der Waals surface area contributed by atoms with Crippen molar-refractivity contribution in [3.8, 4) is 0 Å². The molecule has 27 heavy (non-hydrogen) atoms. The van der Waals surface area contributed by atoms with E-state index in [9.17, 15) is 9.90 Å². The van der Waals surface area contributed by atoms with Gasteiger partial charge in [0.15, 0.2) is 0 Å². The molecule has 150 valence electrons. The number of aromatic nitrogens is 2. The zero-order chi connectivity index (χ0) is 18.7. The Morgan fingerprint density at radius 2 is 2.00 bits per heavy atom. The van der Waals surface area contributed by atoms with Crippen molar-refractivity contribution in [2.75, 3.05) is 46.0 Å². The first-order chi connectivity index (χ1) is 13.2. The maximum Gasteiger partial charge on any atom is 0.225 e. The number of amides is 1. The van der Waals surface area contributed by atoms with Gasteiger partial charge < -0.3 is 19.7 Å². The van der Waals surface area contributed by atoms with E-state index in [1.807, 2.05) is 11.1 Å². The minimum absolute atomic E-state index is 0.113. The molecule has 2 N–H and O–H groups in total. The number of imidazole rings is 1. The Balaban J connectivity index is 1.34. The Hall–Kier alpha value is -1.44. The molecule has 1 aromatic rings. The number of aliphatic hydroxyl groups is 1. The summed E-state index contributed by atoms with van der Waals surface area (Å²) in [7, 11) is 0. The minimum atomic E-state index is 0.113. The average molecular weight is 377 g/mol. The molecule has 4 heterocycles. The molecule has 0 bridgehead atoms. The van der Waals surface area contributed by atoms with Gasteiger partial charge in [-0.3, -0.25) is 9.69 Å². The van der Waals surface area contributed by atoms with Crippen LogP contribution in [-0.4, -0.2) is 76.8 Å². The van der Waals surface area contributed by atoms with Gasteiger partial charge in [-0.1, -0.05) is 0 Å². The first kappa shape index (κ1) is 18.9. The number of H-pyrrole nitrogens is 1. The molecule has 0 radical (unpaired) electrons. The fourth-order valence-corrected chi connectivity index (χ4v) is 5.18. The van der Waals surface area contributed by atoms with E-state index in [-0.39, 0.29) is 29.8 Å². The highest BCUT2D eigenvalue weighted by molar-refractivity contribution is 5.79. The van der Waals surface area contributed by atoms with E-state index in [0.29, 0.717) is 19.8 Å². The zero-order valence-corrected chi connectivity index (χ0v) is 16.1. The summed E-state index contributed by atoms with van der Waals surface area (Å²) in [4.78, 5) is 24.9. The molecule has 1 aromatic heterocycles. The monoisotopic (exact) mass is 376 g/mol. The predicted octanol–water partition coefficient (Wildman–Crippen LogP) is 1.26. The highest BCUT2D eigenvalue weighted by Crippen LogP contribution is 2.45. The molecule has 7 nitrogen and oxygen atoms in total. The summed E-state index contributed by atoms with van der Waals surface area (Å²) in [6.07, 6.45) is 8.55. The van der Waals surface area contributed by atoms with Crippen LogP contribution in [0.1, 0.15) is 37.9 Å². The SMILES string of the molecule is O=C(C1CCOCC1)N1CCC2(CCN(Cc3ncc[nH]3)CC2)C(CO)C1. The third-order valence-corrected chi connectivity index (χ3v) is 7.07. The topological polar surface area (TPSA) is 81.7 Å². The van der Waals surface area contributed by atoms with Crippen molar-refractivity contribution in [2.45, 2.75) is 38.6 Å². The van der Waals surface area contributed by atoms with Gasteiger partial charge in [0.1, 0.15) is 5.82 Å². The van der Waals surface area contributed by atoms with E-state index in [0.717, 1.165) is 64.1 Å². The van der Waals surface area contributed by atoms with Crippen LogP contribution in [0.15, 0.2) is 12.4 Å². The van der Waals surface area contributed by atoms with Crippen molar-refractivity contribution in [3.05, 3.63) is 18.2 Å². The summed E-state index contributed by atoms with van der Waals surface area (Å²) in [5.41, 5.74) is 0.181. The smallest absolute Gasteiger partial charge is 0.225 e. The van der Waals surface area contributed by atoms with Crippen molar-refractivity contribution in [3.63, 3.8) is 0 Å². The molecular formula is C20H32N4O3. The Kier molecular flexibility index (Phi) is 5.80. The number of piperidine rings is 2. The molecule has 3 fully saturated rings. The normalized spacial score (nSPS) is 27.1. The predicted molar refractivity (Wildman–Crippen MR) is 101 cm³/mol. The van der Waals surface area contributed by atoms with Gasteiger partial charge in [-0.25, -0.2) is 4.98 Å². The molecule has 0 saturated carbocycles. The molecule has 7 heteroatoms. The maximum absolute atomic E-state index is 12.9. The number of carbonyl (C=O) groups is 1. The number of hydrogen-bond donors (Lipinski definition) is 2. The number of nitrogens with zero attached hydrogens (tertiary/aromatic N) is 3. The van der Waals surface area contributed by atoms with E-state index in [2.05, 4.69) is 14.9 Å². The van der Waals surface area contributed by atoms with Gasteiger partial charge in [-0.15, -0.1) is 0 Å². The summed E-state index contributed by atoms with van der Waals surface area (Å²) in [5, 5.41) is 10.1. The van der Waals surface area contributed by atoms with Crippen LogP contribution in [-0.2, 0) is 16.1 Å². The van der Waals surface area contributed by atoms with Gasteiger partial charge in [0.05, 0.1) is 6.54 Å². The number of ether oxygens (including phenoxy) is 1. The van der Waals surface area contributed by atoms with Crippen molar-refractivity contribution in [1.29, 1.82) is 0 Å². The van der Waals surface area contributed by atoms with E-state index >= 15 is 0 Å². The summed E-state index contributed by atoms with van der Waals surface area (Å²) >= 11 is 0. The van der Waals surface area contributed by atoms with E-state index in [1.165, 1.54) is 0 Å². The van der Waals surface area contributed by atoms with E-state index in [4.69, 9.17) is 4.74 Å². The summed E-state index contributed by atoms with van der Waals surface area (Å²) in [5.74, 6) is 1.60. The number of aliphatic hydroxyl groups excluding tert-OH is 1. The Labute approximate surface area is 161 Å². The first-order valence-electron chi connectivity index (χ1n) is 10.4. The molecule has 4 rings (SSSR count). The van der Waals surface area contributed by atoms with Crippen LogP contribution < -0.4 is 0 Å². The lowest BCUT2D eigenvalue weighted by Crippen LogP contribution is -2.55. The highest BCUT2D eigenvalue weighted by atomic mass is 16.5. The van der Waals surface area contributed by atoms with Gasteiger partial charge in [-0.2, -0.15) is 0 Å². The Morgan fingerprint density at radius 1 is 1.26 bits per heavy atom. The zero-order valence-electron chi connectivity index (χ0n) is 16.1. The van der Waals surface area contributed by atoms with Crippen LogP contribution in [0.4, 0.5) is 0 Å². The third kappa shape index (κ3) is 4.05. The number of aromatic amines is 1. The second-order valence-corrected chi connectivity index (χ2v) is 8.47. The second kappa shape index (κ2) is 8.29. The van der Waals surface area contributed by atoms with Crippen LogP contribution in [0.2, 0.25) is 0 Å². The fraction of sp³-hybridized carbons (Fsp3) is 0.800. The molecular weight excluding hydrogens is 344 g/mol. The lowest BCUT2D eigenvalue weighted by atomic mass is 9.64. The summed E-state index contributed by atoms with van der Waals surface area (Å²) in [6.45, 7) is 6.05. The van der Waals surface area contributed by atoms with E-state index < -0.39 is 0 Å². The molecule has 1 spiro atoms. The fourth-order valence-electron chi connectivity index (χ4n) is 5.18. The molecule has 3 saturated heterocycles. The number of hydrogen-bond acceptors (Lipinski definition) is 5. The molecule has 1 amide bonds. The van der Waals surface area contributed by atoms with Gasteiger partial charge in [0.2, 0.25) is 5.91 Å². The largest absolute Gasteiger partial charge is 0.396 e. The van der Waals surface area contributed by atoms with Gasteiger partial charge >= 0.3 is 0 Å². The summed E-state index contributed by atoms with van der Waals surface area (Å²) in [6, 6.07) is 0. The summed E-state index contributed by atoms with van der Waals surface area (Å²) < 4.78 is 5.39. The lowest BCUT2D eigenvalue weighted by Gasteiger charge is -2.51. The van der Waals surface area contributed by atoms with Crippen LogP contribution in [0.3, 0.4) is 0 Å². The Morgan fingerprint density at radius 3 is 2.67 bits per heavy atom. The van der Waals surface area contributed by atoms with Crippen molar-refractivity contribution >= 4 is 5.91 Å². The number of carbonyl (C=O) groups excluding carboxylic acids is 1. The number of likely N-dealkylation sites (tertiary alicyclic amines) is 2. The lowest BCUT2D eigenvalue weighted by molar-refractivity contribution is -0.145. The first-order valence-corrected chi connectivity index (χ1v) is 10.4. The van der Waals surface area contributed by atoms with Gasteiger partial charge in [0.25, 0.3) is 0 Å². The van der Waals surface area contributed by atoms with Crippen LogP contribution >= 0.6 is 0 Å². The average Bonchev–Trinajstić information content (AvgIpc) is 3.23. The standard InChI is InChI=1S/C20H32N4O3/c25-15-17-13-24(19(26)16-1-11-27-12-2-16)10-5-20(17)3-8-23(9-4-20)14-18-21-6-7-22-18/h6-7,16-17,25H,1-5,8-15H2,(H,21,22). The number of nitrogens with one attached hydrogen (secondary N) is 1. The Bertz CT molecular complexity index is 607. The quantitative estimate of drug-likeness (QED) is 0.827. The van der Waals surface area contributed by atoms with Gasteiger partial charge in [-0.05, 0) is 50.6 Å². The van der Waals surface area contributed by atoms with Gasteiger partial charge in [0, 0.05) is 57.1 Å². The van der Waals surface area contributed by atoms with Crippen LogP contribution in [0, 0.1) is 17.3 Å². The molecule has 0 aromatic carbocycles. The molecule has 3 aliphatic rings. The highest BCUT2D eigenvalue weighted by Gasteiger charge is 2.46.